The molecule has 30 heavy (non-hydrogen) atoms. The van der Waals surface area contributed by atoms with Crippen molar-refractivity contribution in [2.24, 2.45) is 0 Å². The normalized spacial score (nSPS) is 26.5. The minimum atomic E-state index is -0.593. The van der Waals surface area contributed by atoms with Crippen LogP contribution in [0.2, 0.25) is 5.02 Å². The zero-order chi connectivity index (χ0) is 21.1. The Balaban J connectivity index is 1.34. The van der Waals surface area contributed by atoms with E-state index in [-0.39, 0.29) is 24.2 Å². The molecule has 0 aromatic heterocycles. The van der Waals surface area contributed by atoms with E-state index in [0.29, 0.717) is 16.5 Å². The average molecular weight is 431 g/mol. The van der Waals surface area contributed by atoms with E-state index >= 15 is 0 Å². The van der Waals surface area contributed by atoms with Crippen molar-refractivity contribution in [2.45, 2.75) is 50.5 Å². The van der Waals surface area contributed by atoms with Crippen LogP contribution in [0.1, 0.15) is 26.2 Å². The maximum absolute atomic E-state index is 11.4. The van der Waals surface area contributed by atoms with E-state index in [1.165, 1.54) is 6.92 Å². The second-order valence-corrected chi connectivity index (χ2v) is 8.38. The Labute approximate surface area is 181 Å². The van der Waals surface area contributed by atoms with Crippen LogP contribution in [0.25, 0.3) is 0 Å². The van der Waals surface area contributed by atoms with Crippen molar-refractivity contribution >= 4 is 23.2 Å². The summed E-state index contributed by atoms with van der Waals surface area (Å²) in [7, 11) is 0. The number of anilines is 1. The first-order valence-electron chi connectivity index (χ1n) is 10.4. The highest BCUT2D eigenvalue weighted by atomic mass is 35.5. The number of hydrogen-bond acceptors (Lipinski definition) is 5. The summed E-state index contributed by atoms with van der Waals surface area (Å²) in [6.07, 6.45) is 1.74. The van der Waals surface area contributed by atoms with Crippen molar-refractivity contribution < 1.29 is 19.4 Å². The van der Waals surface area contributed by atoms with E-state index in [1.54, 1.807) is 6.07 Å². The smallest absolute Gasteiger partial charge is 0.221 e. The second kappa shape index (κ2) is 9.25. The lowest BCUT2D eigenvalue weighted by Crippen LogP contribution is -2.44. The van der Waals surface area contributed by atoms with Gasteiger partial charge in [-0.05, 0) is 55.7 Å². The molecule has 2 aromatic rings. The third-order valence-electron chi connectivity index (χ3n) is 5.76. The molecule has 2 aromatic carbocycles. The monoisotopic (exact) mass is 430 g/mol. The standard InChI is InChI=1S/C23H27ClN2O4/c1-15(27)25-19-4-2-3-5-21(19)30-22-11-10-20(23(22)28)26-13-12-18(14-26)29-17-8-6-16(24)7-9-17/h2-9,18,20,22-23,28H,10-14H2,1H3,(H,25,27)/t18-,20+,22+,23-/m0/s1. The lowest BCUT2D eigenvalue weighted by Gasteiger charge is -2.28. The molecule has 1 aliphatic carbocycles. The fourth-order valence-corrected chi connectivity index (χ4v) is 4.46. The fourth-order valence-electron chi connectivity index (χ4n) is 4.33. The molecular weight excluding hydrogens is 404 g/mol. The number of likely N-dealkylation sites (tertiary alicyclic amines) is 1. The van der Waals surface area contributed by atoms with E-state index < -0.39 is 6.10 Å². The average Bonchev–Trinajstić information content (AvgIpc) is 3.32. The van der Waals surface area contributed by atoms with Crippen molar-refractivity contribution in [3.05, 3.63) is 53.6 Å². The molecule has 4 rings (SSSR count). The van der Waals surface area contributed by atoms with Gasteiger partial charge in [0.15, 0.2) is 0 Å². The molecule has 0 spiro atoms. The van der Waals surface area contributed by atoms with Crippen molar-refractivity contribution in [3.8, 4) is 11.5 Å². The number of amides is 1. The molecule has 1 saturated carbocycles. The topological polar surface area (TPSA) is 71.0 Å². The van der Waals surface area contributed by atoms with Crippen LogP contribution in [0.4, 0.5) is 5.69 Å². The lowest BCUT2D eigenvalue weighted by atomic mass is 10.1. The molecule has 1 aliphatic heterocycles. The number of carbonyl (C=O) groups is 1. The Bertz CT molecular complexity index is 876. The Kier molecular flexibility index (Phi) is 6.46. The van der Waals surface area contributed by atoms with Crippen molar-refractivity contribution in [1.82, 2.24) is 4.90 Å². The summed E-state index contributed by atoms with van der Waals surface area (Å²) in [4.78, 5) is 13.7. The van der Waals surface area contributed by atoms with Gasteiger partial charge in [0.25, 0.3) is 0 Å². The van der Waals surface area contributed by atoms with Gasteiger partial charge in [0.05, 0.1) is 5.69 Å². The molecule has 1 saturated heterocycles. The molecule has 0 bridgehead atoms. The summed E-state index contributed by atoms with van der Waals surface area (Å²) in [6.45, 7) is 3.13. The molecule has 4 atom stereocenters. The molecular formula is C23H27ClN2O4. The Hall–Kier alpha value is -2.28. The Morgan fingerprint density at radius 2 is 1.87 bits per heavy atom. The number of aliphatic hydroxyl groups excluding tert-OH is 1. The van der Waals surface area contributed by atoms with Crippen LogP contribution >= 0.6 is 11.6 Å². The molecule has 0 radical (unpaired) electrons. The predicted octanol–water partition coefficient (Wildman–Crippen LogP) is 3.72. The molecule has 6 nitrogen and oxygen atoms in total. The molecule has 2 aliphatic rings. The van der Waals surface area contributed by atoms with Gasteiger partial charge in [-0.2, -0.15) is 0 Å². The number of hydrogen-bond donors (Lipinski definition) is 2. The van der Waals surface area contributed by atoms with Gasteiger partial charge < -0.3 is 19.9 Å². The fraction of sp³-hybridized carbons (Fsp3) is 0.435. The SMILES string of the molecule is CC(=O)Nc1ccccc1O[C@@H]1CC[C@@H](N2CC[C@H](Oc3ccc(Cl)cc3)C2)[C@@H]1O. The van der Waals surface area contributed by atoms with E-state index in [0.717, 1.165) is 38.1 Å². The van der Waals surface area contributed by atoms with E-state index in [9.17, 15) is 9.90 Å². The molecule has 1 heterocycles. The number of benzene rings is 2. The van der Waals surface area contributed by atoms with Crippen LogP contribution in [0.15, 0.2) is 48.5 Å². The van der Waals surface area contributed by atoms with Crippen LogP contribution in [0, 0.1) is 0 Å². The van der Waals surface area contributed by atoms with E-state index in [4.69, 9.17) is 21.1 Å². The number of nitrogens with zero attached hydrogens (tertiary/aromatic N) is 1. The number of aliphatic hydroxyl groups is 1. The highest BCUT2D eigenvalue weighted by molar-refractivity contribution is 6.30. The van der Waals surface area contributed by atoms with Gasteiger partial charge >= 0.3 is 0 Å². The van der Waals surface area contributed by atoms with Gasteiger partial charge in [0.2, 0.25) is 5.91 Å². The second-order valence-electron chi connectivity index (χ2n) is 7.95. The third-order valence-corrected chi connectivity index (χ3v) is 6.01. The van der Waals surface area contributed by atoms with Crippen molar-refractivity contribution in [1.29, 1.82) is 0 Å². The maximum Gasteiger partial charge on any atom is 0.221 e. The first-order valence-corrected chi connectivity index (χ1v) is 10.7. The van der Waals surface area contributed by atoms with Crippen LogP contribution in [-0.2, 0) is 4.79 Å². The molecule has 2 fully saturated rings. The largest absolute Gasteiger partial charge is 0.489 e. The summed E-state index contributed by atoms with van der Waals surface area (Å²) < 4.78 is 12.2. The summed E-state index contributed by atoms with van der Waals surface area (Å²) in [5.41, 5.74) is 0.623. The predicted molar refractivity (Wildman–Crippen MR) is 116 cm³/mol. The minimum Gasteiger partial charge on any atom is -0.489 e. The summed E-state index contributed by atoms with van der Waals surface area (Å²) in [5.74, 6) is 1.25. The number of para-hydroxylation sites is 2. The van der Waals surface area contributed by atoms with E-state index in [1.807, 2.05) is 42.5 Å². The molecule has 0 unspecified atom stereocenters. The summed E-state index contributed by atoms with van der Waals surface area (Å²) >= 11 is 5.94. The van der Waals surface area contributed by atoms with Crippen LogP contribution in [-0.4, -0.2) is 53.4 Å². The maximum atomic E-state index is 11.4. The van der Waals surface area contributed by atoms with Gasteiger partial charge in [0, 0.05) is 31.1 Å². The number of ether oxygens (including phenoxy) is 2. The first kappa shape index (κ1) is 21.0. The van der Waals surface area contributed by atoms with Gasteiger partial charge in [-0.15, -0.1) is 0 Å². The van der Waals surface area contributed by atoms with Gasteiger partial charge in [-0.3, -0.25) is 9.69 Å². The summed E-state index contributed by atoms with van der Waals surface area (Å²) in [5, 5.41) is 14.4. The molecule has 1 amide bonds. The highest BCUT2D eigenvalue weighted by Crippen LogP contribution is 2.34. The Morgan fingerprint density at radius 1 is 1.10 bits per heavy atom. The zero-order valence-electron chi connectivity index (χ0n) is 17.0. The van der Waals surface area contributed by atoms with Crippen molar-refractivity contribution in [2.75, 3.05) is 18.4 Å². The van der Waals surface area contributed by atoms with Gasteiger partial charge in [0.1, 0.15) is 29.8 Å². The number of rotatable bonds is 6. The zero-order valence-corrected chi connectivity index (χ0v) is 17.7. The first-order chi connectivity index (χ1) is 14.5. The summed E-state index contributed by atoms with van der Waals surface area (Å²) in [6, 6.07) is 14.8. The van der Waals surface area contributed by atoms with Gasteiger partial charge in [-0.25, -0.2) is 0 Å². The quantitative estimate of drug-likeness (QED) is 0.730. The van der Waals surface area contributed by atoms with E-state index in [2.05, 4.69) is 10.2 Å². The van der Waals surface area contributed by atoms with Gasteiger partial charge in [-0.1, -0.05) is 23.7 Å². The number of carbonyl (C=O) groups excluding carboxylic acids is 1. The molecule has 160 valence electrons. The highest BCUT2D eigenvalue weighted by Gasteiger charge is 2.42. The number of nitrogens with one attached hydrogen (secondary N) is 1. The Morgan fingerprint density at radius 3 is 2.63 bits per heavy atom. The minimum absolute atomic E-state index is 0.0433. The van der Waals surface area contributed by atoms with Crippen LogP contribution < -0.4 is 14.8 Å². The number of halogens is 1. The molecule has 2 N–H and O–H groups in total. The third kappa shape index (κ3) is 4.89. The van der Waals surface area contributed by atoms with Crippen LogP contribution in [0.3, 0.4) is 0 Å². The lowest BCUT2D eigenvalue weighted by molar-refractivity contribution is -0.114. The van der Waals surface area contributed by atoms with Crippen molar-refractivity contribution in [3.63, 3.8) is 0 Å². The van der Waals surface area contributed by atoms with Crippen LogP contribution in [0.5, 0.6) is 11.5 Å². The molecule has 7 heteroatoms.